The molecule has 1 N–H and O–H groups in total. The lowest BCUT2D eigenvalue weighted by Crippen LogP contribution is -2.33. The van der Waals surface area contributed by atoms with Crippen LogP contribution < -0.4 is 10.1 Å². The summed E-state index contributed by atoms with van der Waals surface area (Å²) in [7, 11) is 0. The van der Waals surface area contributed by atoms with Crippen molar-refractivity contribution in [1.82, 2.24) is 5.32 Å². The fourth-order valence-corrected chi connectivity index (χ4v) is 2.79. The zero-order chi connectivity index (χ0) is 15.8. The summed E-state index contributed by atoms with van der Waals surface area (Å²) in [5, 5.41) is 3.41. The topological polar surface area (TPSA) is 47.6 Å². The SMILES string of the molecule is CCOC(=O)CCc1ccc(OCC2CCCNC2)cc1C.Cl. The van der Waals surface area contributed by atoms with E-state index in [9.17, 15) is 4.79 Å². The summed E-state index contributed by atoms with van der Waals surface area (Å²) < 4.78 is 10.9. The van der Waals surface area contributed by atoms with Gasteiger partial charge < -0.3 is 14.8 Å². The number of carbonyl (C=O) groups is 1. The normalized spacial score (nSPS) is 17.2. The summed E-state index contributed by atoms with van der Waals surface area (Å²) in [6.07, 6.45) is 3.63. The minimum absolute atomic E-state index is 0. The fraction of sp³-hybridized carbons (Fsp3) is 0.611. The first-order valence-corrected chi connectivity index (χ1v) is 8.27. The molecule has 1 atom stereocenters. The molecule has 1 aromatic carbocycles. The van der Waals surface area contributed by atoms with E-state index in [0.29, 0.717) is 18.9 Å². The average Bonchev–Trinajstić information content (AvgIpc) is 2.53. The number of esters is 1. The third-order valence-electron chi connectivity index (χ3n) is 4.10. The van der Waals surface area contributed by atoms with Gasteiger partial charge in [-0.05, 0) is 62.9 Å². The first-order valence-electron chi connectivity index (χ1n) is 8.27. The Labute approximate surface area is 145 Å². The molecule has 1 heterocycles. The van der Waals surface area contributed by atoms with E-state index in [2.05, 4.69) is 24.4 Å². The van der Waals surface area contributed by atoms with Crippen molar-refractivity contribution in [2.24, 2.45) is 5.92 Å². The molecular weight excluding hydrogens is 314 g/mol. The average molecular weight is 342 g/mol. The highest BCUT2D eigenvalue weighted by Gasteiger charge is 2.13. The fourth-order valence-electron chi connectivity index (χ4n) is 2.79. The maximum absolute atomic E-state index is 11.4. The zero-order valence-electron chi connectivity index (χ0n) is 14.1. The minimum atomic E-state index is -0.132. The molecule has 1 fully saturated rings. The molecular formula is C18H28ClNO3. The lowest BCUT2D eigenvalue weighted by atomic mass is 10.0. The van der Waals surface area contributed by atoms with Crippen molar-refractivity contribution in [2.45, 2.75) is 39.5 Å². The number of nitrogens with one attached hydrogen (secondary N) is 1. The van der Waals surface area contributed by atoms with Crippen LogP contribution in [0.2, 0.25) is 0 Å². The molecule has 5 heteroatoms. The van der Waals surface area contributed by atoms with Crippen LogP contribution in [0.1, 0.15) is 37.3 Å². The molecule has 0 spiro atoms. The van der Waals surface area contributed by atoms with Gasteiger partial charge in [0, 0.05) is 18.9 Å². The number of carbonyl (C=O) groups excluding carboxylic acids is 1. The monoisotopic (exact) mass is 341 g/mol. The molecule has 0 aromatic heterocycles. The predicted octanol–water partition coefficient (Wildman–Crippen LogP) is 3.29. The number of piperidine rings is 1. The highest BCUT2D eigenvalue weighted by Crippen LogP contribution is 2.20. The van der Waals surface area contributed by atoms with E-state index in [1.165, 1.54) is 24.0 Å². The highest BCUT2D eigenvalue weighted by atomic mass is 35.5. The second kappa shape index (κ2) is 10.5. The Morgan fingerprint density at radius 2 is 2.22 bits per heavy atom. The number of halogens is 1. The van der Waals surface area contributed by atoms with Crippen LogP contribution in [0.3, 0.4) is 0 Å². The quantitative estimate of drug-likeness (QED) is 0.773. The first kappa shape index (κ1) is 19.8. The van der Waals surface area contributed by atoms with Gasteiger partial charge in [0.1, 0.15) is 5.75 Å². The zero-order valence-corrected chi connectivity index (χ0v) is 14.9. The van der Waals surface area contributed by atoms with Crippen molar-refractivity contribution in [3.05, 3.63) is 29.3 Å². The van der Waals surface area contributed by atoms with Gasteiger partial charge in [-0.25, -0.2) is 0 Å². The molecule has 1 saturated heterocycles. The lowest BCUT2D eigenvalue weighted by molar-refractivity contribution is -0.143. The summed E-state index contributed by atoms with van der Waals surface area (Å²) in [5.74, 6) is 1.40. The van der Waals surface area contributed by atoms with Crippen LogP contribution >= 0.6 is 12.4 Å². The lowest BCUT2D eigenvalue weighted by Gasteiger charge is -2.23. The summed E-state index contributed by atoms with van der Waals surface area (Å²) in [4.78, 5) is 11.4. The summed E-state index contributed by atoms with van der Waals surface area (Å²) in [6, 6.07) is 6.13. The van der Waals surface area contributed by atoms with Crippen LogP contribution in [0.5, 0.6) is 5.75 Å². The van der Waals surface area contributed by atoms with E-state index in [1.807, 2.05) is 13.0 Å². The van der Waals surface area contributed by atoms with E-state index >= 15 is 0 Å². The van der Waals surface area contributed by atoms with Crippen LogP contribution in [-0.2, 0) is 16.0 Å². The number of hydrogen-bond acceptors (Lipinski definition) is 4. The van der Waals surface area contributed by atoms with Crippen molar-refractivity contribution in [2.75, 3.05) is 26.3 Å². The third kappa shape index (κ3) is 6.80. The molecule has 2 rings (SSSR count). The Kier molecular flexibility index (Phi) is 9.03. The minimum Gasteiger partial charge on any atom is -0.493 e. The predicted molar refractivity (Wildman–Crippen MR) is 94.5 cm³/mol. The Morgan fingerprint density at radius 1 is 1.39 bits per heavy atom. The Bertz CT molecular complexity index is 487. The van der Waals surface area contributed by atoms with Crippen LogP contribution in [-0.4, -0.2) is 32.3 Å². The molecule has 1 aliphatic rings. The molecule has 4 nitrogen and oxygen atoms in total. The molecule has 130 valence electrons. The van der Waals surface area contributed by atoms with Gasteiger partial charge in [-0.2, -0.15) is 0 Å². The van der Waals surface area contributed by atoms with Gasteiger partial charge in [-0.15, -0.1) is 12.4 Å². The number of benzene rings is 1. The second-order valence-electron chi connectivity index (χ2n) is 5.92. The van der Waals surface area contributed by atoms with E-state index in [1.54, 1.807) is 0 Å². The second-order valence-corrected chi connectivity index (χ2v) is 5.92. The maximum atomic E-state index is 11.4. The van der Waals surface area contributed by atoms with Crippen LogP contribution in [0.25, 0.3) is 0 Å². The van der Waals surface area contributed by atoms with E-state index in [-0.39, 0.29) is 18.4 Å². The van der Waals surface area contributed by atoms with Gasteiger partial charge in [0.25, 0.3) is 0 Å². The van der Waals surface area contributed by atoms with Gasteiger partial charge in [-0.1, -0.05) is 6.07 Å². The Balaban J connectivity index is 0.00000264. The van der Waals surface area contributed by atoms with Crippen molar-refractivity contribution >= 4 is 18.4 Å². The number of hydrogen-bond donors (Lipinski definition) is 1. The molecule has 0 amide bonds. The molecule has 0 bridgehead atoms. The summed E-state index contributed by atoms with van der Waals surface area (Å²) in [6.45, 7) is 7.29. The van der Waals surface area contributed by atoms with Crippen LogP contribution in [0.15, 0.2) is 18.2 Å². The van der Waals surface area contributed by atoms with Gasteiger partial charge in [0.05, 0.1) is 13.2 Å². The van der Waals surface area contributed by atoms with Crippen LogP contribution in [0.4, 0.5) is 0 Å². The standard InChI is InChI=1S/C18H27NO3.ClH/c1-3-21-18(20)9-7-16-6-8-17(11-14(16)2)22-13-15-5-4-10-19-12-15;/h6,8,11,15,19H,3-5,7,9-10,12-13H2,1-2H3;1H. The summed E-state index contributed by atoms with van der Waals surface area (Å²) in [5.41, 5.74) is 2.35. The molecule has 1 unspecified atom stereocenters. The van der Waals surface area contributed by atoms with Crippen molar-refractivity contribution in [1.29, 1.82) is 0 Å². The van der Waals surface area contributed by atoms with E-state index < -0.39 is 0 Å². The van der Waals surface area contributed by atoms with Crippen molar-refractivity contribution < 1.29 is 14.3 Å². The molecule has 0 saturated carbocycles. The maximum Gasteiger partial charge on any atom is 0.306 e. The highest BCUT2D eigenvalue weighted by molar-refractivity contribution is 5.85. The first-order chi connectivity index (χ1) is 10.7. The number of aryl methyl sites for hydroxylation is 2. The van der Waals surface area contributed by atoms with Crippen LogP contribution in [0, 0.1) is 12.8 Å². The van der Waals surface area contributed by atoms with Crippen molar-refractivity contribution in [3.63, 3.8) is 0 Å². The third-order valence-corrected chi connectivity index (χ3v) is 4.10. The van der Waals surface area contributed by atoms with Gasteiger partial charge in [-0.3, -0.25) is 4.79 Å². The smallest absolute Gasteiger partial charge is 0.306 e. The molecule has 1 aliphatic heterocycles. The summed E-state index contributed by atoms with van der Waals surface area (Å²) >= 11 is 0. The molecule has 0 radical (unpaired) electrons. The number of ether oxygens (including phenoxy) is 2. The Hall–Kier alpha value is -1.26. The number of rotatable bonds is 7. The Morgan fingerprint density at radius 3 is 2.87 bits per heavy atom. The van der Waals surface area contributed by atoms with E-state index in [4.69, 9.17) is 9.47 Å². The van der Waals surface area contributed by atoms with Crippen molar-refractivity contribution in [3.8, 4) is 5.75 Å². The van der Waals surface area contributed by atoms with E-state index in [0.717, 1.165) is 31.9 Å². The van der Waals surface area contributed by atoms with Gasteiger partial charge >= 0.3 is 5.97 Å². The van der Waals surface area contributed by atoms with Gasteiger partial charge in [0.15, 0.2) is 0 Å². The van der Waals surface area contributed by atoms with Gasteiger partial charge in [0.2, 0.25) is 0 Å². The molecule has 1 aromatic rings. The largest absolute Gasteiger partial charge is 0.493 e. The molecule has 23 heavy (non-hydrogen) atoms. The molecule has 0 aliphatic carbocycles.